The minimum absolute atomic E-state index is 0.192. The van der Waals surface area contributed by atoms with Crippen molar-refractivity contribution in [3.8, 4) is 0 Å². The molecule has 2 fully saturated rings. The first-order valence-corrected chi connectivity index (χ1v) is 8.54. The van der Waals surface area contributed by atoms with E-state index in [0.29, 0.717) is 11.8 Å². The highest BCUT2D eigenvalue weighted by Gasteiger charge is 2.51. The van der Waals surface area contributed by atoms with Crippen molar-refractivity contribution in [1.29, 1.82) is 0 Å². The number of nitrogens with zero attached hydrogens (tertiary/aromatic N) is 1. The summed E-state index contributed by atoms with van der Waals surface area (Å²) in [7, 11) is 0. The Morgan fingerprint density at radius 3 is 2.32 bits per heavy atom. The van der Waals surface area contributed by atoms with E-state index in [4.69, 9.17) is 0 Å². The molecule has 3 rings (SSSR count). The summed E-state index contributed by atoms with van der Waals surface area (Å²) in [6.07, 6.45) is 4.99. The number of piperidine rings is 1. The number of carbonyl (C=O) groups is 1. The lowest BCUT2D eigenvalue weighted by Gasteiger charge is -2.36. The normalized spacial score (nSPS) is 21.2. The van der Waals surface area contributed by atoms with Crippen molar-refractivity contribution in [2.24, 2.45) is 17.3 Å². The van der Waals surface area contributed by atoms with Crippen LogP contribution in [0.1, 0.15) is 45.1 Å². The molecule has 0 atom stereocenters. The number of rotatable bonds is 4. The summed E-state index contributed by atoms with van der Waals surface area (Å²) in [6.45, 7) is 6.37. The number of benzene rings is 1. The van der Waals surface area contributed by atoms with Crippen LogP contribution in [0.25, 0.3) is 0 Å². The van der Waals surface area contributed by atoms with E-state index in [9.17, 15) is 9.18 Å². The van der Waals surface area contributed by atoms with Crippen molar-refractivity contribution >= 4 is 5.91 Å². The first kappa shape index (κ1) is 15.5. The fourth-order valence-corrected chi connectivity index (χ4v) is 3.71. The van der Waals surface area contributed by atoms with E-state index in [1.807, 2.05) is 12.1 Å². The lowest BCUT2D eigenvalue weighted by molar-refractivity contribution is -0.138. The molecule has 0 N–H and O–H groups in total. The van der Waals surface area contributed by atoms with Gasteiger partial charge in [-0.1, -0.05) is 26.0 Å². The molecule has 0 radical (unpaired) electrons. The molecule has 1 aromatic carbocycles. The number of halogens is 1. The highest BCUT2D eigenvalue weighted by atomic mass is 19.1. The van der Waals surface area contributed by atoms with E-state index < -0.39 is 0 Å². The molecule has 120 valence electrons. The molecule has 1 amide bonds. The Hall–Kier alpha value is -1.38. The molecule has 0 bridgehead atoms. The third-order valence-corrected chi connectivity index (χ3v) is 5.53. The van der Waals surface area contributed by atoms with Gasteiger partial charge in [-0.25, -0.2) is 4.39 Å². The maximum atomic E-state index is 13.0. The molecule has 3 heteroatoms. The Kier molecular flexibility index (Phi) is 4.24. The minimum atomic E-state index is -0.212. The van der Waals surface area contributed by atoms with Gasteiger partial charge in [0.05, 0.1) is 5.41 Å². The first-order valence-electron chi connectivity index (χ1n) is 8.54. The van der Waals surface area contributed by atoms with Crippen LogP contribution >= 0.6 is 0 Å². The lowest BCUT2D eigenvalue weighted by atomic mass is 9.85. The number of carbonyl (C=O) groups excluding carboxylic acids is 1. The van der Waals surface area contributed by atoms with Crippen LogP contribution in [-0.4, -0.2) is 23.9 Å². The second kappa shape index (κ2) is 6.02. The van der Waals surface area contributed by atoms with Crippen LogP contribution in [0.3, 0.4) is 0 Å². The third-order valence-electron chi connectivity index (χ3n) is 5.53. The van der Waals surface area contributed by atoms with Crippen molar-refractivity contribution in [2.75, 3.05) is 13.1 Å². The summed E-state index contributed by atoms with van der Waals surface area (Å²) in [5, 5.41) is 0. The van der Waals surface area contributed by atoms with Gasteiger partial charge in [-0.3, -0.25) is 4.79 Å². The van der Waals surface area contributed by atoms with Crippen molar-refractivity contribution < 1.29 is 9.18 Å². The van der Waals surface area contributed by atoms with E-state index in [1.54, 1.807) is 0 Å². The van der Waals surface area contributed by atoms with Gasteiger partial charge < -0.3 is 4.90 Å². The van der Waals surface area contributed by atoms with Gasteiger partial charge in [-0.05, 0) is 61.6 Å². The average molecular weight is 303 g/mol. The number of hydrogen-bond donors (Lipinski definition) is 0. The molecule has 2 aliphatic rings. The van der Waals surface area contributed by atoms with Crippen LogP contribution < -0.4 is 0 Å². The van der Waals surface area contributed by atoms with Gasteiger partial charge in [0.2, 0.25) is 5.91 Å². The van der Waals surface area contributed by atoms with Crippen molar-refractivity contribution in [3.05, 3.63) is 35.6 Å². The molecule has 2 nitrogen and oxygen atoms in total. The van der Waals surface area contributed by atoms with Gasteiger partial charge in [0.25, 0.3) is 0 Å². The van der Waals surface area contributed by atoms with Gasteiger partial charge in [0.1, 0.15) is 5.82 Å². The summed E-state index contributed by atoms with van der Waals surface area (Å²) < 4.78 is 13.0. The highest BCUT2D eigenvalue weighted by molar-refractivity contribution is 5.85. The van der Waals surface area contributed by atoms with Gasteiger partial charge >= 0.3 is 0 Å². The molecule has 1 saturated heterocycles. The minimum Gasteiger partial charge on any atom is -0.342 e. The van der Waals surface area contributed by atoms with Crippen LogP contribution in [-0.2, 0) is 11.2 Å². The predicted octanol–water partition coefficient (Wildman–Crippen LogP) is 4.04. The van der Waals surface area contributed by atoms with E-state index in [0.717, 1.165) is 56.7 Å². The zero-order chi connectivity index (χ0) is 15.7. The quantitative estimate of drug-likeness (QED) is 0.822. The topological polar surface area (TPSA) is 20.3 Å². The molecule has 22 heavy (non-hydrogen) atoms. The number of amides is 1. The summed E-state index contributed by atoms with van der Waals surface area (Å²) in [5.74, 6) is 1.59. The molecular formula is C19H26FNO. The summed E-state index contributed by atoms with van der Waals surface area (Å²) >= 11 is 0. The molecule has 1 aliphatic carbocycles. The standard InChI is InChI=1S/C19H26FNO/c1-14(2)16-7-11-21(12-8-16)18(22)19(9-10-19)13-15-3-5-17(20)6-4-15/h3-6,14,16H,7-13H2,1-2H3. The summed E-state index contributed by atoms with van der Waals surface area (Å²) in [5.41, 5.74) is 0.881. The summed E-state index contributed by atoms with van der Waals surface area (Å²) in [4.78, 5) is 15.0. The smallest absolute Gasteiger partial charge is 0.229 e. The van der Waals surface area contributed by atoms with Gasteiger partial charge in [-0.15, -0.1) is 0 Å². The largest absolute Gasteiger partial charge is 0.342 e. The van der Waals surface area contributed by atoms with Crippen LogP contribution in [0.4, 0.5) is 4.39 Å². The molecule has 1 aromatic rings. The van der Waals surface area contributed by atoms with Crippen LogP contribution in [0, 0.1) is 23.1 Å². The van der Waals surface area contributed by atoms with Gasteiger partial charge in [-0.2, -0.15) is 0 Å². The van der Waals surface area contributed by atoms with Crippen LogP contribution in [0.5, 0.6) is 0 Å². The second-order valence-electron chi connectivity index (χ2n) is 7.46. The van der Waals surface area contributed by atoms with Crippen LogP contribution in [0.2, 0.25) is 0 Å². The molecule has 1 heterocycles. The first-order chi connectivity index (χ1) is 10.5. The maximum absolute atomic E-state index is 13.0. The number of hydrogen-bond acceptors (Lipinski definition) is 1. The van der Waals surface area contributed by atoms with Crippen LogP contribution in [0.15, 0.2) is 24.3 Å². The average Bonchev–Trinajstić information content (AvgIpc) is 3.30. The second-order valence-corrected chi connectivity index (χ2v) is 7.46. The Morgan fingerprint density at radius 1 is 1.23 bits per heavy atom. The van der Waals surface area contributed by atoms with Gasteiger partial charge in [0, 0.05) is 13.1 Å². The Morgan fingerprint density at radius 2 is 1.82 bits per heavy atom. The molecule has 0 aromatic heterocycles. The molecular weight excluding hydrogens is 277 g/mol. The van der Waals surface area contributed by atoms with Crippen molar-refractivity contribution in [3.63, 3.8) is 0 Å². The van der Waals surface area contributed by atoms with Gasteiger partial charge in [0.15, 0.2) is 0 Å². The van der Waals surface area contributed by atoms with E-state index in [2.05, 4.69) is 18.7 Å². The maximum Gasteiger partial charge on any atom is 0.229 e. The monoisotopic (exact) mass is 303 g/mol. The van der Waals surface area contributed by atoms with Crippen molar-refractivity contribution in [2.45, 2.75) is 46.0 Å². The fraction of sp³-hybridized carbons (Fsp3) is 0.632. The van der Waals surface area contributed by atoms with E-state index >= 15 is 0 Å². The van der Waals surface area contributed by atoms with E-state index in [-0.39, 0.29) is 11.2 Å². The fourth-order valence-electron chi connectivity index (χ4n) is 3.71. The summed E-state index contributed by atoms with van der Waals surface area (Å²) in [6, 6.07) is 6.61. The van der Waals surface area contributed by atoms with Crippen molar-refractivity contribution in [1.82, 2.24) is 4.90 Å². The lowest BCUT2D eigenvalue weighted by Crippen LogP contribution is -2.43. The zero-order valence-electron chi connectivity index (χ0n) is 13.6. The SMILES string of the molecule is CC(C)C1CCN(C(=O)C2(Cc3ccc(F)cc3)CC2)CC1. The number of likely N-dealkylation sites (tertiary alicyclic amines) is 1. The highest BCUT2D eigenvalue weighted by Crippen LogP contribution is 2.50. The molecule has 1 aliphatic heterocycles. The zero-order valence-corrected chi connectivity index (χ0v) is 13.6. The molecule has 1 saturated carbocycles. The molecule has 0 unspecified atom stereocenters. The molecule has 0 spiro atoms. The predicted molar refractivity (Wildman–Crippen MR) is 85.9 cm³/mol. The Balaban J connectivity index is 1.61. The third kappa shape index (κ3) is 3.18. The Labute approximate surface area is 132 Å². The Bertz CT molecular complexity index is 525. The van der Waals surface area contributed by atoms with E-state index in [1.165, 1.54) is 12.1 Å².